The van der Waals surface area contributed by atoms with Crippen molar-refractivity contribution >= 4 is 21.9 Å². The topological polar surface area (TPSA) is 26.3 Å². The largest absolute Gasteiger partial charge is 0.457 e. The molecule has 0 aromatic rings. The van der Waals surface area contributed by atoms with E-state index in [4.69, 9.17) is 4.74 Å². The van der Waals surface area contributed by atoms with Gasteiger partial charge >= 0.3 is 12.1 Å². The fourth-order valence-corrected chi connectivity index (χ4v) is 1.93. The van der Waals surface area contributed by atoms with Crippen LogP contribution in [0.2, 0.25) is 0 Å². The summed E-state index contributed by atoms with van der Waals surface area (Å²) in [5, 5.41) is 0. The monoisotopic (exact) mass is 326 g/mol. The Labute approximate surface area is 112 Å². The average Bonchev–Trinajstić information content (AvgIpc) is 2.13. The van der Waals surface area contributed by atoms with Crippen LogP contribution in [0.1, 0.15) is 33.6 Å². The SMILES string of the molecule is CC(C)(C)OC(=O)C1=C(C(F)(F)F)C=C(Br)CC1. The van der Waals surface area contributed by atoms with Gasteiger partial charge < -0.3 is 4.74 Å². The molecule has 0 aromatic heterocycles. The van der Waals surface area contributed by atoms with Crippen molar-refractivity contribution in [1.29, 1.82) is 0 Å². The minimum atomic E-state index is -4.55. The Hall–Kier alpha value is -0.780. The Morgan fingerprint density at radius 2 is 1.83 bits per heavy atom. The van der Waals surface area contributed by atoms with Gasteiger partial charge in [0.1, 0.15) is 5.60 Å². The third kappa shape index (κ3) is 4.15. The lowest BCUT2D eigenvalue weighted by Gasteiger charge is -2.24. The molecular formula is C12H14BrF3O2. The van der Waals surface area contributed by atoms with E-state index < -0.39 is 23.3 Å². The maximum Gasteiger partial charge on any atom is 0.416 e. The number of allylic oxidation sites excluding steroid dienone is 3. The molecule has 0 amide bonds. The van der Waals surface area contributed by atoms with Crippen molar-refractivity contribution in [3.05, 3.63) is 21.7 Å². The summed E-state index contributed by atoms with van der Waals surface area (Å²) >= 11 is 3.03. The molecule has 2 nitrogen and oxygen atoms in total. The molecule has 0 atom stereocenters. The van der Waals surface area contributed by atoms with Crippen LogP contribution >= 0.6 is 15.9 Å². The number of esters is 1. The summed E-state index contributed by atoms with van der Waals surface area (Å²) in [4.78, 5) is 11.8. The Morgan fingerprint density at radius 1 is 1.28 bits per heavy atom. The number of ether oxygens (including phenoxy) is 1. The maximum atomic E-state index is 12.8. The van der Waals surface area contributed by atoms with Gasteiger partial charge in [0.25, 0.3) is 0 Å². The van der Waals surface area contributed by atoms with E-state index in [1.54, 1.807) is 20.8 Å². The first-order valence-electron chi connectivity index (χ1n) is 5.40. The van der Waals surface area contributed by atoms with Crippen molar-refractivity contribution in [2.45, 2.75) is 45.4 Å². The van der Waals surface area contributed by atoms with Crippen molar-refractivity contribution in [3.63, 3.8) is 0 Å². The number of alkyl halides is 3. The van der Waals surface area contributed by atoms with Crippen LogP contribution in [0.3, 0.4) is 0 Å². The van der Waals surface area contributed by atoms with E-state index in [0.29, 0.717) is 10.9 Å². The van der Waals surface area contributed by atoms with Gasteiger partial charge in [-0.15, -0.1) is 0 Å². The first-order valence-corrected chi connectivity index (χ1v) is 6.20. The van der Waals surface area contributed by atoms with Crippen molar-refractivity contribution in [1.82, 2.24) is 0 Å². The molecule has 0 radical (unpaired) electrons. The molecule has 1 aliphatic carbocycles. The van der Waals surface area contributed by atoms with Gasteiger partial charge in [-0.2, -0.15) is 13.2 Å². The maximum absolute atomic E-state index is 12.8. The minimum Gasteiger partial charge on any atom is -0.457 e. The number of hydrogen-bond acceptors (Lipinski definition) is 2. The second-order valence-electron chi connectivity index (χ2n) is 4.98. The van der Waals surface area contributed by atoms with Gasteiger partial charge in [0.15, 0.2) is 0 Å². The number of hydrogen-bond donors (Lipinski definition) is 0. The normalized spacial score (nSPS) is 17.6. The highest BCUT2D eigenvalue weighted by Crippen LogP contribution is 2.38. The quantitative estimate of drug-likeness (QED) is 0.673. The second-order valence-corrected chi connectivity index (χ2v) is 6.00. The summed E-state index contributed by atoms with van der Waals surface area (Å²) in [6, 6.07) is 0. The Bertz CT molecular complexity index is 414. The van der Waals surface area contributed by atoms with E-state index in [2.05, 4.69) is 15.9 Å². The van der Waals surface area contributed by atoms with Crippen molar-refractivity contribution in [3.8, 4) is 0 Å². The average molecular weight is 327 g/mol. The van der Waals surface area contributed by atoms with Crippen LogP contribution in [0.15, 0.2) is 21.7 Å². The predicted molar refractivity (Wildman–Crippen MR) is 65.2 cm³/mol. The van der Waals surface area contributed by atoms with Crippen LogP contribution in [-0.2, 0) is 9.53 Å². The molecule has 0 heterocycles. The molecule has 1 aliphatic rings. The third-order valence-electron chi connectivity index (χ3n) is 2.19. The lowest BCUT2D eigenvalue weighted by atomic mass is 9.97. The number of carbonyl (C=O) groups excluding carboxylic acids is 1. The van der Waals surface area contributed by atoms with Crippen LogP contribution in [0.4, 0.5) is 13.2 Å². The zero-order valence-electron chi connectivity index (χ0n) is 10.3. The molecule has 18 heavy (non-hydrogen) atoms. The zero-order valence-corrected chi connectivity index (χ0v) is 11.9. The molecule has 0 N–H and O–H groups in total. The fourth-order valence-electron chi connectivity index (χ4n) is 1.50. The molecule has 0 saturated heterocycles. The van der Waals surface area contributed by atoms with Crippen molar-refractivity contribution in [2.75, 3.05) is 0 Å². The second kappa shape index (κ2) is 5.07. The third-order valence-corrected chi connectivity index (χ3v) is 2.82. The lowest BCUT2D eigenvalue weighted by molar-refractivity contribution is -0.151. The van der Waals surface area contributed by atoms with Crippen molar-refractivity contribution < 1.29 is 22.7 Å². The minimum absolute atomic E-state index is 0.0286. The molecule has 0 saturated carbocycles. The summed E-state index contributed by atoms with van der Waals surface area (Å²) in [7, 11) is 0. The standard InChI is InChI=1S/C12H14BrF3O2/c1-11(2,3)18-10(17)8-5-4-7(13)6-9(8)12(14,15)16/h6H,4-5H2,1-3H3. The molecule has 0 aromatic carbocycles. The van der Waals surface area contributed by atoms with E-state index in [9.17, 15) is 18.0 Å². The molecule has 0 aliphatic heterocycles. The van der Waals surface area contributed by atoms with E-state index in [1.165, 1.54) is 0 Å². The van der Waals surface area contributed by atoms with E-state index in [0.717, 1.165) is 6.08 Å². The Morgan fingerprint density at radius 3 is 2.28 bits per heavy atom. The fraction of sp³-hybridized carbons (Fsp3) is 0.583. The van der Waals surface area contributed by atoms with Gasteiger partial charge in [-0.25, -0.2) is 4.79 Å². The highest BCUT2D eigenvalue weighted by atomic mass is 79.9. The summed E-state index contributed by atoms with van der Waals surface area (Å²) in [6.07, 6.45) is -3.20. The molecule has 0 bridgehead atoms. The Balaban J connectivity index is 3.12. The van der Waals surface area contributed by atoms with E-state index in [-0.39, 0.29) is 12.0 Å². The molecular weight excluding hydrogens is 313 g/mol. The summed E-state index contributed by atoms with van der Waals surface area (Å²) in [5.41, 5.74) is -2.03. The van der Waals surface area contributed by atoms with Crippen molar-refractivity contribution in [2.24, 2.45) is 0 Å². The summed E-state index contributed by atoms with van der Waals surface area (Å²) in [5.74, 6) is -0.897. The van der Waals surface area contributed by atoms with Crippen LogP contribution in [-0.4, -0.2) is 17.7 Å². The van der Waals surface area contributed by atoms with Crippen LogP contribution in [0.5, 0.6) is 0 Å². The number of carbonyl (C=O) groups is 1. The number of rotatable bonds is 1. The highest BCUT2D eigenvalue weighted by molar-refractivity contribution is 9.11. The molecule has 0 fully saturated rings. The van der Waals surface area contributed by atoms with Crippen LogP contribution in [0, 0.1) is 0 Å². The summed E-state index contributed by atoms with van der Waals surface area (Å²) < 4.78 is 43.9. The smallest absolute Gasteiger partial charge is 0.416 e. The Kier molecular flexibility index (Phi) is 4.30. The number of halogens is 4. The molecule has 102 valence electrons. The van der Waals surface area contributed by atoms with Gasteiger partial charge in [-0.3, -0.25) is 0 Å². The van der Waals surface area contributed by atoms with Gasteiger partial charge in [0.05, 0.1) is 5.57 Å². The van der Waals surface area contributed by atoms with Gasteiger partial charge in [-0.05, 0) is 44.2 Å². The first-order chi connectivity index (χ1) is 8.00. The molecule has 0 unspecified atom stereocenters. The molecule has 1 rings (SSSR count). The lowest BCUT2D eigenvalue weighted by Crippen LogP contribution is -2.28. The molecule has 0 spiro atoms. The van der Waals surface area contributed by atoms with E-state index in [1.807, 2.05) is 0 Å². The zero-order chi connectivity index (χ0) is 14.1. The van der Waals surface area contributed by atoms with Gasteiger partial charge in [0.2, 0.25) is 0 Å². The summed E-state index contributed by atoms with van der Waals surface area (Å²) in [6.45, 7) is 4.86. The highest BCUT2D eigenvalue weighted by Gasteiger charge is 2.39. The van der Waals surface area contributed by atoms with Crippen LogP contribution < -0.4 is 0 Å². The first kappa shape index (κ1) is 15.3. The van der Waals surface area contributed by atoms with Crippen LogP contribution in [0.25, 0.3) is 0 Å². The predicted octanol–water partition coefficient (Wildman–Crippen LogP) is 4.26. The van der Waals surface area contributed by atoms with E-state index >= 15 is 0 Å². The van der Waals surface area contributed by atoms with Gasteiger partial charge in [0, 0.05) is 5.57 Å². The van der Waals surface area contributed by atoms with Gasteiger partial charge in [-0.1, -0.05) is 15.9 Å². The molecule has 6 heteroatoms.